The van der Waals surface area contributed by atoms with Gasteiger partial charge in [-0.1, -0.05) is 0 Å². The Morgan fingerprint density at radius 3 is 2.80 bits per heavy atom. The maximum absolute atomic E-state index is 12.6. The first-order valence-corrected chi connectivity index (χ1v) is 7.31. The first-order valence-electron chi connectivity index (χ1n) is 7.31. The van der Waals surface area contributed by atoms with E-state index in [0.29, 0.717) is 11.4 Å². The molecular weight excluding hydrogens is 252 g/mol. The summed E-state index contributed by atoms with van der Waals surface area (Å²) in [5.41, 5.74) is 0.688. The Bertz CT molecular complexity index is 441. The average molecular weight is 276 g/mol. The van der Waals surface area contributed by atoms with E-state index in [4.69, 9.17) is 0 Å². The zero-order valence-electron chi connectivity index (χ0n) is 12.4. The van der Waals surface area contributed by atoms with Crippen molar-refractivity contribution in [1.29, 1.82) is 0 Å². The quantitative estimate of drug-likeness (QED) is 0.889. The molecule has 1 aromatic rings. The Morgan fingerprint density at radius 2 is 2.10 bits per heavy atom. The van der Waals surface area contributed by atoms with E-state index in [2.05, 4.69) is 15.2 Å². The molecule has 0 atom stereocenters. The van der Waals surface area contributed by atoms with Crippen LogP contribution in [0.3, 0.4) is 0 Å². The van der Waals surface area contributed by atoms with Gasteiger partial charge in [0.15, 0.2) is 0 Å². The lowest BCUT2D eigenvalue weighted by molar-refractivity contribution is 0.0725. The molecule has 0 unspecified atom stereocenters. The summed E-state index contributed by atoms with van der Waals surface area (Å²) in [4.78, 5) is 20.9. The third-order valence-corrected chi connectivity index (χ3v) is 3.53. The number of aromatic nitrogens is 1. The molecular formula is C15H24N4O. The van der Waals surface area contributed by atoms with Crippen LogP contribution >= 0.6 is 0 Å². The molecule has 0 aromatic carbocycles. The SMILES string of the molecule is CN(C)CCNc1ncccc1C(=O)N1CCCCC1. The van der Waals surface area contributed by atoms with E-state index in [0.717, 1.165) is 39.0 Å². The highest BCUT2D eigenvalue weighted by molar-refractivity contribution is 5.98. The highest BCUT2D eigenvalue weighted by atomic mass is 16.2. The summed E-state index contributed by atoms with van der Waals surface area (Å²) in [6, 6.07) is 3.69. The minimum Gasteiger partial charge on any atom is -0.368 e. The van der Waals surface area contributed by atoms with Crippen LogP contribution in [0.5, 0.6) is 0 Å². The van der Waals surface area contributed by atoms with E-state index in [9.17, 15) is 4.79 Å². The van der Waals surface area contributed by atoms with Crippen LogP contribution in [-0.2, 0) is 0 Å². The number of piperidine rings is 1. The summed E-state index contributed by atoms with van der Waals surface area (Å²) in [5, 5.41) is 3.26. The Balaban J connectivity index is 2.04. The lowest BCUT2D eigenvalue weighted by Crippen LogP contribution is -2.36. The van der Waals surface area contributed by atoms with Crippen LogP contribution < -0.4 is 5.32 Å². The fourth-order valence-corrected chi connectivity index (χ4v) is 2.38. The normalized spacial score (nSPS) is 15.4. The lowest BCUT2D eigenvalue weighted by atomic mass is 10.1. The van der Waals surface area contributed by atoms with Crippen molar-refractivity contribution < 1.29 is 4.79 Å². The molecule has 1 N–H and O–H groups in total. The van der Waals surface area contributed by atoms with Gasteiger partial charge in [-0.25, -0.2) is 4.98 Å². The van der Waals surface area contributed by atoms with E-state index in [1.807, 2.05) is 31.1 Å². The summed E-state index contributed by atoms with van der Waals surface area (Å²) in [6.45, 7) is 3.42. The number of amides is 1. The van der Waals surface area contributed by atoms with E-state index in [1.165, 1.54) is 6.42 Å². The second kappa shape index (κ2) is 7.24. The summed E-state index contributed by atoms with van der Waals surface area (Å²) in [6.07, 6.45) is 5.17. The van der Waals surface area contributed by atoms with Crippen LogP contribution in [0, 0.1) is 0 Å². The number of carbonyl (C=O) groups is 1. The molecule has 1 saturated heterocycles. The molecule has 1 aliphatic heterocycles. The smallest absolute Gasteiger partial charge is 0.257 e. The van der Waals surface area contributed by atoms with Gasteiger partial charge < -0.3 is 15.1 Å². The van der Waals surface area contributed by atoms with Gasteiger partial charge in [-0.2, -0.15) is 0 Å². The number of nitrogens with one attached hydrogen (secondary N) is 1. The van der Waals surface area contributed by atoms with Crippen molar-refractivity contribution >= 4 is 11.7 Å². The number of likely N-dealkylation sites (N-methyl/N-ethyl adjacent to an activating group) is 1. The summed E-state index contributed by atoms with van der Waals surface area (Å²) >= 11 is 0. The maximum atomic E-state index is 12.6. The van der Waals surface area contributed by atoms with Gasteiger partial charge in [-0.15, -0.1) is 0 Å². The van der Waals surface area contributed by atoms with Gasteiger partial charge in [0.05, 0.1) is 5.56 Å². The molecule has 1 aliphatic rings. The molecule has 2 rings (SSSR count). The number of anilines is 1. The topological polar surface area (TPSA) is 48.5 Å². The van der Waals surface area contributed by atoms with Gasteiger partial charge in [0.25, 0.3) is 5.91 Å². The molecule has 0 saturated carbocycles. The minimum atomic E-state index is 0.102. The van der Waals surface area contributed by atoms with Gasteiger partial charge in [0.2, 0.25) is 0 Å². The fourth-order valence-electron chi connectivity index (χ4n) is 2.38. The number of nitrogens with zero attached hydrogens (tertiary/aromatic N) is 3. The first kappa shape index (κ1) is 14.8. The predicted octanol–water partition coefficient (Wildman–Crippen LogP) is 1.68. The lowest BCUT2D eigenvalue weighted by Gasteiger charge is -2.27. The van der Waals surface area contributed by atoms with Gasteiger partial charge in [0.1, 0.15) is 5.82 Å². The van der Waals surface area contributed by atoms with Crippen LogP contribution in [-0.4, -0.2) is 61.0 Å². The zero-order chi connectivity index (χ0) is 14.4. The molecule has 0 aliphatic carbocycles. The number of likely N-dealkylation sites (tertiary alicyclic amines) is 1. The number of rotatable bonds is 5. The standard InChI is InChI=1S/C15H24N4O/c1-18(2)12-9-17-14-13(7-6-8-16-14)15(20)19-10-4-3-5-11-19/h6-8H,3-5,9-12H2,1-2H3,(H,16,17). The molecule has 20 heavy (non-hydrogen) atoms. The molecule has 1 aromatic heterocycles. The first-order chi connectivity index (χ1) is 9.68. The van der Waals surface area contributed by atoms with Crippen molar-refractivity contribution in [2.75, 3.05) is 45.6 Å². The molecule has 1 amide bonds. The van der Waals surface area contributed by atoms with Crippen molar-refractivity contribution in [2.24, 2.45) is 0 Å². The van der Waals surface area contributed by atoms with Crippen LogP contribution in [0.1, 0.15) is 29.6 Å². The van der Waals surface area contributed by atoms with Crippen LogP contribution in [0.25, 0.3) is 0 Å². The second-order valence-electron chi connectivity index (χ2n) is 5.48. The monoisotopic (exact) mass is 276 g/mol. The van der Waals surface area contributed by atoms with Gasteiger partial charge >= 0.3 is 0 Å². The van der Waals surface area contributed by atoms with Crippen LogP contribution in [0.4, 0.5) is 5.82 Å². The van der Waals surface area contributed by atoms with Gasteiger partial charge in [0, 0.05) is 32.4 Å². The molecule has 1 fully saturated rings. The average Bonchev–Trinajstić information content (AvgIpc) is 2.47. The Morgan fingerprint density at radius 1 is 1.35 bits per heavy atom. The van der Waals surface area contributed by atoms with Crippen molar-refractivity contribution in [3.8, 4) is 0 Å². The predicted molar refractivity (Wildman–Crippen MR) is 81.0 cm³/mol. The Kier molecular flexibility index (Phi) is 5.35. The molecule has 5 heteroatoms. The molecule has 0 bridgehead atoms. The van der Waals surface area contributed by atoms with Crippen molar-refractivity contribution in [3.05, 3.63) is 23.9 Å². The van der Waals surface area contributed by atoms with Crippen molar-refractivity contribution in [3.63, 3.8) is 0 Å². The minimum absolute atomic E-state index is 0.102. The fraction of sp³-hybridized carbons (Fsp3) is 0.600. The van der Waals surface area contributed by atoms with Gasteiger partial charge in [-0.3, -0.25) is 4.79 Å². The molecule has 0 spiro atoms. The number of carbonyl (C=O) groups excluding carboxylic acids is 1. The van der Waals surface area contributed by atoms with Crippen LogP contribution in [0.15, 0.2) is 18.3 Å². The van der Waals surface area contributed by atoms with Gasteiger partial charge in [-0.05, 0) is 45.5 Å². The maximum Gasteiger partial charge on any atom is 0.257 e. The molecule has 2 heterocycles. The molecule has 110 valence electrons. The van der Waals surface area contributed by atoms with E-state index >= 15 is 0 Å². The summed E-state index contributed by atoms with van der Waals surface area (Å²) in [5.74, 6) is 0.801. The van der Waals surface area contributed by atoms with E-state index in [1.54, 1.807) is 6.20 Å². The zero-order valence-corrected chi connectivity index (χ0v) is 12.4. The third-order valence-electron chi connectivity index (χ3n) is 3.53. The highest BCUT2D eigenvalue weighted by Gasteiger charge is 2.20. The number of hydrogen-bond donors (Lipinski definition) is 1. The van der Waals surface area contributed by atoms with Crippen molar-refractivity contribution in [1.82, 2.24) is 14.8 Å². The number of hydrogen-bond acceptors (Lipinski definition) is 4. The van der Waals surface area contributed by atoms with E-state index < -0.39 is 0 Å². The van der Waals surface area contributed by atoms with E-state index in [-0.39, 0.29) is 5.91 Å². The molecule has 5 nitrogen and oxygen atoms in total. The third kappa shape index (κ3) is 3.93. The largest absolute Gasteiger partial charge is 0.368 e. The Labute approximate surface area is 121 Å². The Hall–Kier alpha value is -1.62. The second-order valence-corrected chi connectivity index (χ2v) is 5.48. The molecule has 0 radical (unpaired) electrons. The highest BCUT2D eigenvalue weighted by Crippen LogP contribution is 2.17. The van der Waals surface area contributed by atoms with Crippen LogP contribution in [0.2, 0.25) is 0 Å². The number of pyridine rings is 1. The van der Waals surface area contributed by atoms with Crippen molar-refractivity contribution in [2.45, 2.75) is 19.3 Å². The summed E-state index contributed by atoms with van der Waals surface area (Å²) in [7, 11) is 4.06. The summed E-state index contributed by atoms with van der Waals surface area (Å²) < 4.78 is 0.